The minimum atomic E-state index is -0.210. The van der Waals surface area contributed by atoms with Gasteiger partial charge < -0.3 is 5.32 Å². The van der Waals surface area contributed by atoms with Crippen LogP contribution in [0.15, 0.2) is 30.5 Å². The van der Waals surface area contributed by atoms with Crippen molar-refractivity contribution in [2.45, 2.75) is 39.7 Å². The van der Waals surface area contributed by atoms with E-state index >= 15 is 0 Å². The first-order chi connectivity index (χ1) is 9.61. The van der Waals surface area contributed by atoms with E-state index in [1.54, 1.807) is 12.1 Å². The molecule has 0 saturated heterocycles. The molecular weight excluding hydrogens is 253 g/mol. The fourth-order valence-corrected chi connectivity index (χ4v) is 2.10. The van der Waals surface area contributed by atoms with Crippen LogP contribution >= 0.6 is 0 Å². The molecule has 0 unspecified atom stereocenters. The van der Waals surface area contributed by atoms with Crippen LogP contribution in [-0.4, -0.2) is 16.3 Å². The molecule has 0 fully saturated rings. The molecule has 0 aliphatic carbocycles. The van der Waals surface area contributed by atoms with Crippen molar-refractivity contribution in [1.29, 1.82) is 0 Å². The molecule has 1 aromatic heterocycles. The maximum absolute atomic E-state index is 13.4. The van der Waals surface area contributed by atoms with Crippen molar-refractivity contribution in [3.63, 3.8) is 0 Å². The average molecular weight is 275 g/mol. The van der Waals surface area contributed by atoms with Gasteiger partial charge in [-0.15, -0.1) is 0 Å². The highest BCUT2D eigenvalue weighted by Gasteiger charge is 2.09. The third-order valence-electron chi connectivity index (χ3n) is 3.23. The average Bonchev–Trinajstić information content (AvgIpc) is 2.89. The van der Waals surface area contributed by atoms with Gasteiger partial charge in [-0.1, -0.05) is 20.8 Å². The van der Waals surface area contributed by atoms with E-state index in [4.69, 9.17) is 0 Å². The lowest BCUT2D eigenvalue weighted by Crippen LogP contribution is -2.16. The fraction of sp³-hybridized carbons (Fsp3) is 0.438. The van der Waals surface area contributed by atoms with Crippen molar-refractivity contribution >= 4 is 0 Å². The molecule has 0 aliphatic rings. The van der Waals surface area contributed by atoms with Gasteiger partial charge in [0, 0.05) is 12.7 Å². The zero-order chi connectivity index (χ0) is 14.5. The molecule has 0 radical (unpaired) electrons. The summed E-state index contributed by atoms with van der Waals surface area (Å²) < 4.78 is 15.3. The van der Waals surface area contributed by atoms with E-state index < -0.39 is 0 Å². The van der Waals surface area contributed by atoms with Crippen LogP contribution in [0.25, 0.3) is 5.69 Å². The molecule has 20 heavy (non-hydrogen) atoms. The molecule has 3 nitrogen and oxygen atoms in total. The summed E-state index contributed by atoms with van der Waals surface area (Å²) >= 11 is 0. The van der Waals surface area contributed by atoms with Crippen LogP contribution < -0.4 is 5.32 Å². The number of hydrogen-bond acceptors (Lipinski definition) is 2. The quantitative estimate of drug-likeness (QED) is 0.816. The second-order valence-electron chi connectivity index (χ2n) is 5.29. The predicted molar refractivity (Wildman–Crippen MR) is 79.6 cm³/mol. The summed E-state index contributed by atoms with van der Waals surface area (Å²) in [5.41, 5.74) is 2.90. The first-order valence-electron chi connectivity index (χ1n) is 7.17. The van der Waals surface area contributed by atoms with E-state index in [-0.39, 0.29) is 5.82 Å². The Kier molecular flexibility index (Phi) is 4.90. The van der Waals surface area contributed by atoms with Crippen molar-refractivity contribution in [2.24, 2.45) is 0 Å². The van der Waals surface area contributed by atoms with Gasteiger partial charge >= 0.3 is 0 Å². The number of benzene rings is 1. The number of hydrogen-bond donors (Lipinski definition) is 1. The van der Waals surface area contributed by atoms with E-state index in [1.807, 2.05) is 16.9 Å². The van der Waals surface area contributed by atoms with Gasteiger partial charge in [0.1, 0.15) is 5.82 Å². The van der Waals surface area contributed by atoms with Gasteiger partial charge in [-0.2, -0.15) is 5.10 Å². The number of nitrogens with one attached hydrogen (secondary N) is 1. The molecule has 0 amide bonds. The minimum absolute atomic E-state index is 0.210. The van der Waals surface area contributed by atoms with Gasteiger partial charge in [-0.3, -0.25) is 0 Å². The lowest BCUT2D eigenvalue weighted by molar-refractivity contribution is 0.616. The number of aromatic nitrogens is 2. The maximum Gasteiger partial charge on any atom is 0.123 e. The molecule has 2 aromatic rings. The zero-order valence-electron chi connectivity index (χ0n) is 12.4. The molecular formula is C16H22FN3. The van der Waals surface area contributed by atoms with Crippen molar-refractivity contribution in [3.05, 3.63) is 47.5 Å². The summed E-state index contributed by atoms with van der Waals surface area (Å²) in [5.74, 6) is 0.177. The summed E-state index contributed by atoms with van der Waals surface area (Å²) in [4.78, 5) is 0. The Labute approximate surface area is 119 Å². The molecule has 2 rings (SSSR count). The highest BCUT2D eigenvalue weighted by atomic mass is 19.1. The van der Waals surface area contributed by atoms with Crippen molar-refractivity contribution < 1.29 is 4.39 Å². The molecule has 0 saturated carbocycles. The summed E-state index contributed by atoms with van der Waals surface area (Å²) in [6.07, 6.45) is 3.00. The lowest BCUT2D eigenvalue weighted by Gasteiger charge is -2.11. The highest BCUT2D eigenvalue weighted by Crippen LogP contribution is 2.18. The summed E-state index contributed by atoms with van der Waals surface area (Å²) in [6, 6.07) is 6.86. The van der Waals surface area contributed by atoms with Crippen molar-refractivity contribution in [3.8, 4) is 5.69 Å². The monoisotopic (exact) mass is 275 g/mol. The van der Waals surface area contributed by atoms with Crippen LogP contribution in [-0.2, 0) is 6.54 Å². The summed E-state index contributed by atoms with van der Waals surface area (Å²) in [6.45, 7) is 7.91. The van der Waals surface area contributed by atoms with Gasteiger partial charge in [-0.25, -0.2) is 9.07 Å². The Hall–Kier alpha value is -1.68. The first kappa shape index (κ1) is 14.7. The van der Waals surface area contributed by atoms with E-state index in [9.17, 15) is 4.39 Å². The maximum atomic E-state index is 13.4. The molecule has 1 N–H and O–H groups in total. The summed E-state index contributed by atoms with van der Waals surface area (Å²) in [7, 11) is 0. The molecule has 4 heteroatoms. The Morgan fingerprint density at radius 1 is 1.30 bits per heavy atom. The lowest BCUT2D eigenvalue weighted by atomic mass is 10.1. The van der Waals surface area contributed by atoms with Gasteiger partial charge in [0.15, 0.2) is 0 Å². The molecule has 1 aromatic carbocycles. The largest absolute Gasteiger partial charge is 0.313 e. The van der Waals surface area contributed by atoms with Crippen LogP contribution in [0.5, 0.6) is 0 Å². The van der Waals surface area contributed by atoms with Gasteiger partial charge in [-0.05, 0) is 48.7 Å². The fourth-order valence-electron chi connectivity index (χ4n) is 2.10. The summed E-state index contributed by atoms with van der Waals surface area (Å²) in [5, 5.41) is 7.88. The van der Waals surface area contributed by atoms with E-state index in [1.165, 1.54) is 6.07 Å². The Bertz CT molecular complexity index is 561. The molecule has 0 spiro atoms. The van der Waals surface area contributed by atoms with Crippen LogP contribution in [0.1, 0.15) is 44.4 Å². The SMILES string of the molecule is CCCNCc1cc(F)ccc1-n1ccc(C(C)C)n1. The molecule has 0 atom stereocenters. The normalized spacial score (nSPS) is 11.2. The van der Waals surface area contributed by atoms with E-state index in [2.05, 4.69) is 31.2 Å². The van der Waals surface area contributed by atoms with Crippen LogP contribution in [0.3, 0.4) is 0 Å². The van der Waals surface area contributed by atoms with Crippen LogP contribution in [0, 0.1) is 5.82 Å². The smallest absolute Gasteiger partial charge is 0.123 e. The molecule has 1 heterocycles. The standard InChI is InChI=1S/C16H22FN3/c1-4-8-18-11-13-10-14(17)5-6-16(13)20-9-7-15(19-20)12(2)3/h5-7,9-10,12,18H,4,8,11H2,1-3H3. The van der Waals surface area contributed by atoms with Crippen molar-refractivity contribution in [2.75, 3.05) is 6.54 Å². The Morgan fingerprint density at radius 2 is 2.10 bits per heavy atom. The Balaban J connectivity index is 2.29. The molecule has 0 aliphatic heterocycles. The Morgan fingerprint density at radius 3 is 2.75 bits per heavy atom. The second kappa shape index (κ2) is 6.66. The number of rotatable bonds is 6. The minimum Gasteiger partial charge on any atom is -0.313 e. The highest BCUT2D eigenvalue weighted by molar-refractivity contribution is 5.41. The van der Waals surface area contributed by atoms with Gasteiger partial charge in [0.05, 0.1) is 11.4 Å². The number of halogens is 1. The van der Waals surface area contributed by atoms with Crippen LogP contribution in [0.4, 0.5) is 4.39 Å². The van der Waals surface area contributed by atoms with Crippen molar-refractivity contribution in [1.82, 2.24) is 15.1 Å². The van der Waals surface area contributed by atoms with Gasteiger partial charge in [0.2, 0.25) is 0 Å². The van der Waals surface area contributed by atoms with E-state index in [0.717, 1.165) is 29.9 Å². The topological polar surface area (TPSA) is 29.9 Å². The van der Waals surface area contributed by atoms with Gasteiger partial charge in [0.25, 0.3) is 0 Å². The van der Waals surface area contributed by atoms with Crippen LogP contribution in [0.2, 0.25) is 0 Å². The number of nitrogens with zero attached hydrogens (tertiary/aromatic N) is 2. The predicted octanol–water partition coefficient (Wildman–Crippen LogP) is 3.63. The zero-order valence-corrected chi connectivity index (χ0v) is 12.4. The molecule has 0 bridgehead atoms. The third-order valence-corrected chi connectivity index (χ3v) is 3.23. The van der Waals surface area contributed by atoms with E-state index in [0.29, 0.717) is 12.5 Å². The molecule has 108 valence electrons. The third kappa shape index (κ3) is 3.45. The second-order valence-corrected chi connectivity index (χ2v) is 5.29. The first-order valence-corrected chi connectivity index (χ1v) is 7.17.